The fourth-order valence-electron chi connectivity index (χ4n) is 3.79. The van der Waals surface area contributed by atoms with Crippen LogP contribution >= 0.6 is 0 Å². The van der Waals surface area contributed by atoms with Crippen LogP contribution in [0.4, 0.5) is 11.4 Å². The molecular weight excluding hydrogens is 444 g/mol. The molecule has 35 heavy (non-hydrogen) atoms. The van der Waals surface area contributed by atoms with Gasteiger partial charge in [0, 0.05) is 35.5 Å². The van der Waals surface area contributed by atoms with Gasteiger partial charge in [-0.25, -0.2) is 4.68 Å². The number of carbonyl (C=O) groups is 3. The highest BCUT2D eigenvalue weighted by molar-refractivity contribution is 6.04. The van der Waals surface area contributed by atoms with E-state index in [1.54, 1.807) is 36.4 Å². The molecule has 3 aromatic rings. The first-order valence-corrected chi connectivity index (χ1v) is 11.6. The number of anilines is 2. The summed E-state index contributed by atoms with van der Waals surface area (Å²) in [5.41, 5.74) is 5.48. The van der Waals surface area contributed by atoms with Crippen LogP contribution < -0.4 is 10.6 Å². The van der Waals surface area contributed by atoms with Crippen molar-refractivity contribution < 1.29 is 19.1 Å². The first kappa shape index (κ1) is 25.7. The Morgan fingerprint density at radius 2 is 1.54 bits per heavy atom. The maximum Gasteiger partial charge on any atom is 0.305 e. The number of nitrogens with zero attached hydrogens (tertiary/aromatic N) is 2. The lowest BCUT2D eigenvalue weighted by atomic mass is 10.1. The number of aryl methyl sites for hydroxylation is 1. The predicted octanol–water partition coefficient (Wildman–Crippen LogP) is 4.83. The summed E-state index contributed by atoms with van der Waals surface area (Å²) in [5, 5.41) is 10.3. The van der Waals surface area contributed by atoms with Gasteiger partial charge in [0.25, 0.3) is 5.91 Å². The summed E-state index contributed by atoms with van der Waals surface area (Å²) in [4.78, 5) is 36.1. The minimum Gasteiger partial charge on any atom is -0.469 e. The molecule has 0 unspecified atom stereocenters. The normalized spacial score (nSPS) is 10.8. The van der Waals surface area contributed by atoms with Gasteiger partial charge in [-0.15, -0.1) is 0 Å². The number of ether oxygens (including phenoxy) is 1. The van der Waals surface area contributed by atoms with Gasteiger partial charge in [0.05, 0.1) is 18.5 Å². The fraction of sp³-hybridized carbons (Fsp3) is 0.333. The number of rotatable bonds is 9. The second-order valence-electron chi connectivity index (χ2n) is 8.86. The molecule has 3 rings (SSSR count). The molecule has 0 saturated carbocycles. The molecule has 1 heterocycles. The third-order valence-corrected chi connectivity index (χ3v) is 5.64. The number of hydrogen-bond acceptors (Lipinski definition) is 5. The Balaban J connectivity index is 1.64. The average Bonchev–Trinajstić information content (AvgIpc) is 3.11. The van der Waals surface area contributed by atoms with Gasteiger partial charge in [-0.1, -0.05) is 13.8 Å². The Bertz CT molecular complexity index is 1200. The molecule has 0 radical (unpaired) electrons. The zero-order chi connectivity index (χ0) is 25.5. The second kappa shape index (κ2) is 11.5. The molecule has 0 fully saturated rings. The number of benzene rings is 2. The molecule has 2 aromatic carbocycles. The van der Waals surface area contributed by atoms with Gasteiger partial charge in [0.2, 0.25) is 5.91 Å². The van der Waals surface area contributed by atoms with E-state index in [1.807, 2.05) is 44.5 Å². The van der Waals surface area contributed by atoms with Crippen LogP contribution in [-0.4, -0.2) is 34.7 Å². The summed E-state index contributed by atoms with van der Waals surface area (Å²) < 4.78 is 6.55. The summed E-state index contributed by atoms with van der Waals surface area (Å²) in [6.45, 7) is 7.86. The average molecular weight is 477 g/mol. The largest absolute Gasteiger partial charge is 0.469 e. The molecule has 0 atom stereocenters. The van der Waals surface area contributed by atoms with Crippen LogP contribution in [0.15, 0.2) is 48.5 Å². The van der Waals surface area contributed by atoms with E-state index in [4.69, 9.17) is 4.74 Å². The Morgan fingerprint density at radius 1 is 0.943 bits per heavy atom. The lowest BCUT2D eigenvalue weighted by Gasteiger charge is -2.10. The smallest absolute Gasteiger partial charge is 0.305 e. The number of carbonyl (C=O) groups excluding carboxylic acids is 3. The molecule has 1 aromatic heterocycles. The highest BCUT2D eigenvalue weighted by atomic mass is 16.5. The Hall–Kier alpha value is -3.94. The zero-order valence-corrected chi connectivity index (χ0v) is 20.8. The van der Waals surface area contributed by atoms with Crippen molar-refractivity contribution in [1.29, 1.82) is 0 Å². The van der Waals surface area contributed by atoms with Crippen LogP contribution in [0.3, 0.4) is 0 Å². The van der Waals surface area contributed by atoms with Gasteiger partial charge in [0.15, 0.2) is 0 Å². The van der Waals surface area contributed by atoms with Crippen molar-refractivity contribution in [2.24, 2.45) is 5.92 Å². The molecule has 2 N–H and O–H groups in total. The van der Waals surface area contributed by atoms with Crippen LogP contribution in [0.2, 0.25) is 0 Å². The van der Waals surface area contributed by atoms with E-state index < -0.39 is 0 Å². The van der Waals surface area contributed by atoms with Crippen molar-refractivity contribution in [1.82, 2.24) is 9.78 Å². The summed E-state index contributed by atoms with van der Waals surface area (Å²) >= 11 is 0. The van der Waals surface area contributed by atoms with Gasteiger partial charge in [0.1, 0.15) is 0 Å². The van der Waals surface area contributed by atoms with E-state index in [1.165, 1.54) is 7.11 Å². The number of amides is 2. The van der Waals surface area contributed by atoms with Crippen molar-refractivity contribution in [3.05, 3.63) is 71.0 Å². The van der Waals surface area contributed by atoms with Gasteiger partial charge in [-0.05, 0) is 80.3 Å². The predicted molar refractivity (Wildman–Crippen MR) is 136 cm³/mol. The van der Waals surface area contributed by atoms with E-state index >= 15 is 0 Å². The van der Waals surface area contributed by atoms with Crippen molar-refractivity contribution in [2.75, 3.05) is 17.7 Å². The molecule has 8 nitrogen and oxygen atoms in total. The minimum atomic E-state index is -0.252. The molecular formula is C27H32N4O4. The summed E-state index contributed by atoms with van der Waals surface area (Å²) in [5.74, 6) is -0.234. The molecule has 0 aliphatic rings. The first-order valence-electron chi connectivity index (χ1n) is 11.6. The van der Waals surface area contributed by atoms with Gasteiger partial charge < -0.3 is 15.4 Å². The van der Waals surface area contributed by atoms with E-state index in [2.05, 4.69) is 15.7 Å². The van der Waals surface area contributed by atoms with E-state index in [-0.39, 0.29) is 23.7 Å². The topological polar surface area (TPSA) is 102 Å². The maximum absolute atomic E-state index is 12.7. The van der Waals surface area contributed by atoms with E-state index in [9.17, 15) is 14.4 Å². The Morgan fingerprint density at radius 3 is 2.11 bits per heavy atom. The van der Waals surface area contributed by atoms with Crippen molar-refractivity contribution in [3.8, 4) is 5.69 Å². The summed E-state index contributed by atoms with van der Waals surface area (Å²) in [6.07, 6.45) is 1.32. The Kier molecular flexibility index (Phi) is 8.41. The molecule has 0 bridgehead atoms. The van der Waals surface area contributed by atoms with Crippen molar-refractivity contribution in [3.63, 3.8) is 0 Å². The van der Waals surface area contributed by atoms with Gasteiger partial charge in [-0.2, -0.15) is 5.10 Å². The molecule has 0 saturated heterocycles. The third kappa shape index (κ3) is 6.79. The van der Waals surface area contributed by atoms with Crippen molar-refractivity contribution in [2.45, 2.75) is 47.0 Å². The van der Waals surface area contributed by atoms with Crippen LogP contribution in [0.25, 0.3) is 5.69 Å². The molecule has 184 valence electrons. The van der Waals surface area contributed by atoms with Crippen LogP contribution in [0.1, 0.15) is 54.0 Å². The maximum atomic E-state index is 12.7. The zero-order valence-electron chi connectivity index (χ0n) is 20.8. The highest BCUT2D eigenvalue weighted by Gasteiger charge is 2.15. The second-order valence-corrected chi connectivity index (χ2v) is 8.86. The molecule has 0 spiro atoms. The summed E-state index contributed by atoms with van der Waals surface area (Å²) in [7, 11) is 1.38. The summed E-state index contributed by atoms with van der Waals surface area (Å²) in [6, 6.07) is 14.2. The van der Waals surface area contributed by atoms with E-state index in [0.717, 1.165) is 22.6 Å². The minimum absolute atomic E-state index is 0.0323. The first-order chi connectivity index (χ1) is 16.7. The lowest BCUT2D eigenvalue weighted by molar-refractivity contribution is -0.140. The molecule has 8 heteroatoms. The quantitative estimate of drug-likeness (QED) is 0.431. The monoisotopic (exact) mass is 476 g/mol. The Labute approximate surface area is 205 Å². The molecule has 2 amide bonds. The van der Waals surface area contributed by atoms with E-state index in [0.29, 0.717) is 36.2 Å². The third-order valence-electron chi connectivity index (χ3n) is 5.64. The standard InChI is InChI=1S/C27H32N4O4/c1-17(2)16-25(32)28-21-8-10-22(11-9-21)29-27(34)20-6-12-23(13-7-20)31-19(4)24(18(3)30-31)14-15-26(33)35-5/h6-13,17H,14-16H2,1-5H3,(H,28,32)(H,29,34). The number of nitrogens with one attached hydrogen (secondary N) is 2. The molecule has 0 aliphatic heterocycles. The van der Waals surface area contributed by atoms with Crippen molar-refractivity contribution >= 4 is 29.2 Å². The molecule has 0 aliphatic carbocycles. The SMILES string of the molecule is COC(=O)CCc1c(C)nn(-c2ccc(C(=O)Nc3ccc(NC(=O)CC(C)C)cc3)cc2)c1C. The van der Waals surface area contributed by atoms with Gasteiger partial charge >= 0.3 is 5.97 Å². The number of hydrogen-bond donors (Lipinski definition) is 2. The number of esters is 1. The number of aromatic nitrogens is 2. The lowest BCUT2D eigenvalue weighted by Crippen LogP contribution is -2.14. The van der Waals surface area contributed by atoms with Crippen LogP contribution in [-0.2, 0) is 20.7 Å². The highest BCUT2D eigenvalue weighted by Crippen LogP contribution is 2.21. The van der Waals surface area contributed by atoms with Gasteiger partial charge in [-0.3, -0.25) is 14.4 Å². The van der Waals surface area contributed by atoms with Crippen LogP contribution in [0, 0.1) is 19.8 Å². The fourth-order valence-corrected chi connectivity index (χ4v) is 3.79. The van der Waals surface area contributed by atoms with Crippen LogP contribution in [0.5, 0.6) is 0 Å². The number of methoxy groups -OCH3 is 1.